The van der Waals surface area contributed by atoms with E-state index in [0.29, 0.717) is 0 Å². The molecule has 7 heteroatoms. The van der Waals surface area contributed by atoms with Crippen LogP contribution in [0.4, 0.5) is 0 Å². The summed E-state index contributed by atoms with van der Waals surface area (Å²) < 4.78 is 30.1. The third-order valence-electron chi connectivity index (χ3n) is 1.60. The normalized spacial score (nSPS) is 11.7. The molecule has 15 heavy (non-hydrogen) atoms. The Morgan fingerprint density at radius 1 is 1.40 bits per heavy atom. The Kier molecular flexibility index (Phi) is 4.36. The van der Waals surface area contributed by atoms with Crippen LogP contribution in [0, 0.1) is 0 Å². The van der Waals surface area contributed by atoms with Crippen molar-refractivity contribution in [3.63, 3.8) is 0 Å². The molecule has 0 aliphatic rings. The van der Waals surface area contributed by atoms with E-state index in [1.54, 1.807) is 0 Å². The van der Waals surface area contributed by atoms with Crippen LogP contribution in [-0.4, -0.2) is 22.3 Å². The maximum atomic E-state index is 11.6. The number of methoxy groups -OCH3 is 1. The largest absolute Gasteiger partial charge is 0.369 e. The highest BCUT2D eigenvalue weighted by Gasteiger charge is 2.18. The summed E-state index contributed by atoms with van der Waals surface area (Å²) >= 11 is 11.5. The van der Waals surface area contributed by atoms with Gasteiger partial charge in [-0.05, 0) is 12.1 Å². The van der Waals surface area contributed by atoms with Crippen molar-refractivity contribution in [3.8, 4) is 0 Å². The lowest BCUT2D eigenvalue weighted by Gasteiger charge is -2.07. The van der Waals surface area contributed by atoms with Gasteiger partial charge in [0.2, 0.25) is 10.0 Å². The summed E-state index contributed by atoms with van der Waals surface area (Å²) in [7, 11) is -2.29. The predicted molar refractivity (Wildman–Crippen MR) is 58.7 cm³/mol. The molecule has 0 atom stereocenters. The highest BCUT2D eigenvalue weighted by atomic mass is 35.5. The number of hydrogen-bond donors (Lipinski definition) is 1. The minimum Gasteiger partial charge on any atom is -0.369 e. The number of ether oxygens (including phenoxy) is 1. The van der Waals surface area contributed by atoms with Crippen LogP contribution in [0.1, 0.15) is 0 Å². The molecule has 0 amide bonds. The summed E-state index contributed by atoms with van der Waals surface area (Å²) in [5.74, 6) is 0. The zero-order valence-corrected chi connectivity index (χ0v) is 10.2. The molecule has 0 saturated carbocycles. The number of halogens is 2. The fourth-order valence-corrected chi connectivity index (χ4v) is 2.60. The monoisotopic (exact) mass is 269 g/mol. The van der Waals surface area contributed by atoms with Gasteiger partial charge in [-0.2, -0.15) is 4.72 Å². The smallest absolute Gasteiger partial charge is 0.244 e. The van der Waals surface area contributed by atoms with Gasteiger partial charge in [0.15, 0.2) is 0 Å². The third kappa shape index (κ3) is 3.06. The van der Waals surface area contributed by atoms with E-state index in [1.807, 2.05) is 0 Å². The molecule has 0 aromatic heterocycles. The van der Waals surface area contributed by atoms with Gasteiger partial charge in [0.1, 0.15) is 11.6 Å². The average Bonchev–Trinajstić information content (AvgIpc) is 2.19. The van der Waals surface area contributed by atoms with Crippen molar-refractivity contribution in [2.24, 2.45) is 0 Å². The molecule has 0 aliphatic heterocycles. The van der Waals surface area contributed by atoms with Crippen LogP contribution in [0.2, 0.25) is 10.0 Å². The molecule has 0 radical (unpaired) electrons. The quantitative estimate of drug-likeness (QED) is 0.850. The van der Waals surface area contributed by atoms with Crippen molar-refractivity contribution in [2.75, 3.05) is 13.8 Å². The summed E-state index contributed by atoms with van der Waals surface area (Å²) in [6.07, 6.45) is 0. The van der Waals surface area contributed by atoms with E-state index in [1.165, 1.54) is 25.3 Å². The molecular formula is C8H9Cl2NO3S. The molecule has 1 aromatic carbocycles. The molecule has 0 aliphatic carbocycles. The van der Waals surface area contributed by atoms with Crippen LogP contribution in [-0.2, 0) is 14.8 Å². The maximum Gasteiger partial charge on any atom is 0.244 e. The zero-order valence-electron chi connectivity index (χ0n) is 7.83. The Bertz CT molecular complexity index is 447. The van der Waals surface area contributed by atoms with E-state index in [-0.39, 0.29) is 21.7 Å². The summed E-state index contributed by atoms with van der Waals surface area (Å²) in [6, 6.07) is 4.39. The van der Waals surface area contributed by atoms with Gasteiger partial charge in [-0.15, -0.1) is 0 Å². The molecule has 0 unspecified atom stereocenters. The standard InChI is InChI=1S/C8H9Cl2NO3S/c1-14-5-11-15(12,13)7-4-2-3-6(9)8(7)10/h2-4,11H,5H2,1H3. The Balaban J connectivity index is 3.10. The molecule has 1 rings (SSSR count). The third-order valence-corrected chi connectivity index (χ3v) is 3.95. The molecule has 0 bridgehead atoms. The first kappa shape index (κ1) is 12.7. The molecule has 0 heterocycles. The van der Waals surface area contributed by atoms with Crippen molar-refractivity contribution in [3.05, 3.63) is 28.2 Å². The Labute approximate surface area is 98.2 Å². The van der Waals surface area contributed by atoms with Gasteiger partial charge in [-0.1, -0.05) is 29.3 Å². The number of sulfonamides is 1. The van der Waals surface area contributed by atoms with Gasteiger partial charge >= 0.3 is 0 Å². The Hall–Kier alpha value is -0.330. The number of rotatable bonds is 4. The second kappa shape index (κ2) is 5.14. The highest BCUT2D eigenvalue weighted by Crippen LogP contribution is 2.28. The Morgan fingerprint density at radius 3 is 2.67 bits per heavy atom. The van der Waals surface area contributed by atoms with Crippen LogP contribution < -0.4 is 4.72 Å². The van der Waals surface area contributed by atoms with Crippen molar-refractivity contribution in [2.45, 2.75) is 4.90 Å². The second-order valence-electron chi connectivity index (χ2n) is 2.63. The Morgan fingerprint density at radius 2 is 2.07 bits per heavy atom. The minimum absolute atomic E-state index is 0.00256. The minimum atomic E-state index is -3.67. The van der Waals surface area contributed by atoms with Crippen molar-refractivity contribution < 1.29 is 13.2 Å². The van der Waals surface area contributed by atoms with Crippen LogP contribution in [0.5, 0.6) is 0 Å². The lowest BCUT2D eigenvalue weighted by atomic mass is 10.4. The molecule has 1 aromatic rings. The highest BCUT2D eigenvalue weighted by molar-refractivity contribution is 7.89. The van der Waals surface area contributed by atoms with E-state index >= 15 is 0 Å². The van der Waals surface area contributed by atoms with Gasteiger partial charge in [0.25, 0.3) is 0 Å². The van der Waals surface area contributed by atoms with Gasteiger partial charge in [-0.25, -0.2) is 8.42 Å². The van der Waals surface area contributed by atoms with Crippen LogP contribution in [0.15, 0.2) is 23.1 Å². The maximum absolute atomic E-state index is 11.6. The van der Waals surface area contributed by atoms with Crippen molar-refractivity contribution >= 4 is 33.2 Å². The van der Waals surface area contributed by atoms with Gasteiger partial charge in [-0.3, -0.25) is 0 Å². The topological polar surface area (TPSA) is 55.4 Å². The summed E-state index contributed by atoms with van der Waals surface area (Å²) in [5.41, 5.74) is 0. The predicted octanol–water partition coefficient (Wildman–Crippen LogP) is 1.88. The lowest BCUT2D eigenvalue weighted by Crippen LogP contribution is -2.25. The molecule has 4 nitrogen and oxygen atoms in total. The zero-order chi connectivity index (χ0) is 11.5. The SMILES string of the molecule is COCNS(=O)(=O)c1cccc(Cl)c1Cl. The fourth-order valence-electron chi connectivity index (χ4n) is 0.906. The number of hydrogen-bond acceptors (Lipinski definition) is 3. The molecule has 0 fully saturated rings. The summed E-state index contributed by atoms with van der Waals surface area (Å²) in [6.45, 7) is -0.120. The first-order valence-corrected chi connectivity index (χ1v) is 6.15. The first-order chi connectivity index (χ1) is 6.99. The van der Waals surface area contributed by atoms with Gasteiger partial charge in [0.05, 0.1) is 10.0 Å². The molecule has 0 spiro atoms. The number of benzene rings is 1. The van der Waals surface area contributed by atoms with E-state index in [4.69, 9.17) is 23.2 Å². The number of nitrogens with one attached hydrogen (secondary N) is 1. The average molecular weight is 270 g/mol. The van der Waals surface area contributed by atoms with E-state index in [2.05, 4.69) is 9.46 Å². The second-order valence-corrected chi connectivity index (χ2v) is 5.15. The molecular weight excluding hydrogens is 261 g/mol. The molecule has 1 N–H and O–H groups in total. The molecule has 84 valence electrons. The van der Waals surface area contributed by atoms with Crippen molar-refractivity contribution in [1.29, 1.82) is 0 Å². The molecule has 0 saturated heterocycles. The lowest BCUT2D eigenvalue weighted by molar-refractivity contribution is 0.194. The van der Waals surface area contributed by atoms with Gasteiger partial charge in [0, 0.05) is 7.11 Å². The fraction of sp³-hybridized carbons (Fsp3) is 0.250. The first-order valence-electron chi connectivity index (χ1n) is 3.91. The van der Waals surface area contributed by atoms with Gasteiger partial charge < -0.3 is 4.74 Å². The van der Waals surface area contributed by atoms with Crippen LogP contribution in [0.25, 0.3) is 0 Å². The van der Waals surface area contributed by atoms with Crippen molar-refractivity contribution in [1.82, 2.24) is 4.72 Å². The van der Waals surface area contributed by atoms with E-state index in [0.717, 1.165) is 0 Å². The van der Waals surface area contributed by atoms with E-state index in [9.17, 15) is 8.42 Å². The summed E-state index contributed by atoms with van der Waals surface area (Å²) in [5, 5.41) is 0.194. The van der Waals surface area contributed by atoms with Crippen LogP contribution >= 0.6 is 23.2 Å². The summed E-state index contributed by atoms with van der Waals surface area (Å²) in [4.78, 5) is -0.0614. The van der Waals surface area contributed by atoms with Crippen LogP contribution in [0.3, 0.4) is 0 Å². The van der Waals surface area contributed by atoms with E-state index < -0.39 is 10.0 Å².